The zero-order valence-electron chi connectivity index (χ0n) is 15.9. The monoisotopic (exact) mass is 369 g/mol. The van der Waals surface area contributed by atoms with Crippen LogP contribution in [0.25, 0.3) is 0 Å². The van der Waals surface area contributed by atoms with E-state index in [-0.39, 0.29) is 23.7 Å². The Bertz CT molecular complexity index is 729. The maximum Gasteiger partial charge on any atom is 0.223 e. The highest BCUT2D eigenvalue weighted by Gasteiger charge is 2.26. The first kappa shape index (κ1) is 19.5. The van der Waals surface area contributed by atoms with E-state index in [2.05, 4.69) is 10.3 Å². The number of nitrogens with zero attached hydrogens (tertiary/aromatic N) is 2. The highest BCUT2D eigenvalue weighted by atomic mass is 19.1. The van der Waals surface area contributed by atoms with Crippen molar-refractivity contribution in [2.45, 2.75) is 51.1 Å². The van der Waals surface area contributed by atoms with Crippen LogP contribution in [0.5, 0.6) is 0 Å². The Labute approximate surface area is 160 Å². The maximum atomic E-state index is 13.5. The van der Waals surface area contributed by atoms with E-state index in [4.69, 9.17) is 0 Å². The van der Waals surface area contributed by atoms with Gasteiger partial charge >= 0.3 is 0 Å². The largest absolute Gasteiger partial charge is 0.334 e. The summed E-state index contributed by atoms with van der Waals surface area (Å²) in [5, 5.41) is 3.41. The van der Waals surface area contributed by atoms with E-state index < -0.39 is 0 Å². The Kier molecular flexibility index (Phi) is 6.93. The standard InChI is InChI=1S/C22H28FN3O/c1-17(18-6-4-7-19(23)15-18)14-22(27)26(16-20-8-2-3-12-25-20)21-9-5-11-24-13-10-21/h2-4,6-8,12,15,17,21,24H,5,9-11,13-14,16H2,1H3. The second kappa shape index (κ2) is 9.60. The van der Waals surface area contributed by atoms with Crippen molar-refractivity contribution in [1.29, 1.82) is 0 Å². The third kappa shape index (κ3) is 5.60. The van der Waals surface area contributed by atoms with Gasteiger partial charge in [-0.05, 0) is 68.1 Å². The smallest absolute Gasteiger partial charge is 0.223 e. The van der Waals surface area contributed by atoms with Gasteiger partial charge in [0.2, 0.25) is 5.91 Å². The van der Waals surface area contributed by atoms with Crippen LogP contribution in [0.15, 0.2) is 48.7 Å². The molecule has 1 saturated heterocycles. The number of hydrogen-bond donors (Lipinski definition) is 1. The first-order valence-corrected chi connectivity index (χ1v) is 9.79. The summed E-state index contributed by atoms with van der Waals surface area (Å²) in [6.07, 6.45) is 5.16. The number of amides is 1. The minimum absolute atomic E-state index is 0.0247. The molecule has 3 rings (SSSR count). The first-order valence-electron chi connectivity index (χ1n) is 9.79. The van der Waals surface area contributed by atoms with E-state index in [0.29, 0.717) is 13.0 Å². The molecule has 27 heavy (non-hydrogen) atoms. The van der Waals surface area contributed by atoms with Crippen molar-refractivity contribution < 1.29 is 9.18 Å². The molecule has 2 atom stereocenters. The SMILES string of the molecule is CC(CC(=O)N(Cc1ccccn1)C1CCCNCC1)c1cccc(F)c1. The molecule has 1 aliphatic heterocycles. The average molecular weight is 369 g/mol. The molecular weight excluding hydrogens is 341 g/mol. The number of rotatable bonds is 6. The summed E-state index contributed by atoms with van der Waals surface area (Å²) >= 11 is 0. The predicted octanol–water partition coefficient (Wildman–Crippen LogP) is 3.89. The first-order chi connectivity index (χ1) is 13.1. The summed E-state index contributed by atoms with van der Waals surface area (Å²) in [7, 11) is 0. The van der Waals surface area contributed by atoms with Crippen molar-refractivity contribution in [3.63, 3.8) is 0 Å². The fourth-order valence-electron chi connectivity index (χ4n) is 3.71. The van der Waals surface area contributed by atoms with Gasteiger partial charge in [0.05, 0.1) is 12.2 Å². The molecule has 2 heterocycles. The van der Waals surface area contributed by atoms with Crippen LogP contribution in [0.1, 0.15) is 49.8 Å². The summed E-state index contributed by atoms with van der Waals surface area (Å²) in [4.78, 5) is 19.6. The minimum atomic E-state index is -0.257. The molecule has 0 bridgehead atoms. The van der Waals surface area contributed by atoms with Crippen molar-refractivity contribution in [1.82, 2.24) is 15.2 Å². The molecule has 0 saturated carbocycles. The minimum Gasteiger partial charge on any atom is -0.334 e. The Morgan fingerprint density at radius 3 is 2.93 bits per heavy atom. The average Bonchev–Trinajstić information content (AvgIpc) is 2.96. The van der Waals surface area contributed by atoms with Crippen LogP contribution in [0.4, 0.5) is 4.39 Å². The number of halogens is 1. The predicted molar refractivity (Wildman–Crippen MR) is 105 cm³/mol. The zero-order valence-corrected chi connectivity index (χ0v) is 15.9. The van der Waals surface area contributed by atoms with Gasteiger partial charge in [-0.3, -0.25) is 9.78 Å². The fourth-order valence-corrected chi connectivity index (χ4v) is 3.71. The number of carbonyl (C=O) groups excluding carboxylic acids is 1. The molecule has 2 aromatic rings. The molecule has 1 fully saturated rings. The van der Waals surface area contributed by atoms with Crippen LogP contribution in [0, 0.1) is 5.82 Å². The van der Waals surface area contributed by atoms with Crippen LogP contribution in [-0.4, -0.2) is 34.9 Å². The summed E-state index contributed by atoms with van der Waals surface area (Å²) in [5.74, 6) is -0.167. The lowest BCUT2D eigenvalue weighted by Crippen LogP contribution is -2.41. The van der Waals surface area contributed by atoms with Crippen molar-refractivity contribution in [3.05, 3.63) is 65.7 Å². The quantitative estimate of drug-likeness (QED) is 0.840. The second-order valence-electron chi connectivity index (χ2n) is 7.34. The molecule has 1 aromatic carbocycles. The third-order valence-electron chi connectivity index (χ3n) is 5.26. The molecule has 1 amide bonds. The van der Waals surface area contributed by atoms with Gasteiger partial charge in [-0.2, -0.15) is 0 Å². The van der Waals surface area contributed by atoms with E-state index in [0.717, 1.165) is 43.6 Å². The highest BCUT2D eigenvalue weighted by molar-refractivity contribution is 5.77. The number of carbonyl (C=O) groups is 1. The molecule has 1 aliphatic rings. The van der Waals surface area contributed by atoms with Gasteiger partial charge in [-0.1, -0.05) is 25.1 Å². The van der Waals surface area contributed by atoms with Crippen LogP contribution in [0.2, 0.25) is 0 Å². The van der Waals surface area contributed by atoms with Crippen molar-refractivity contribution >= 4 is 5.91 Å². The van der Waals surface area contributed by atoms with Crippen LogP contribution < -0.4 is 5.32 Å². The van der Waals surface area contributed by atoms with E-state index in [1.54, 1.807) is 12.3 Å². The lowest BCUT2D eigenvalue weighted by atomic mass is 9.96. The summed E-state index contributed by atoms with van der Waals surface area (Å²) in [6.45, 7) is 4.44. The van der Waals surface area contributed by atoms with Crippen LogP contribution in [-0.2, 0) is 11.3 Å². The van der Waals surface area contributed by atoms with Gasteiger partial charge in [-0.15, -0.1) is 0 Å². The molecule has 5 heteroatoms. The number of benzene rings is 1. The molecule has 1 aromatic heterocycles. The van der Waals surface area contributed by atoms with Gasteiger partial charge < -0.3 is 10.2 Å². The Morgan fingerprint density at radius 1 is 1.26 bits per heavy atom. The highest BCUT2D eigenvalue weighted by Crippen LogP contribution is 2.24. The molecule has 0 spiro atoms. The zero-order chi connectivity index (χ0) is 19.1. The normalized spacial score (nSPS) is 18.5. The van der Waals surface area contributed by atoms with E-state index >= 15 is 0 Å². The summed E-state index contributed by atoms with van der Waals surface area (Å²) in [5.41, 5.74) is 1.77. The Hall–Kier alpha value is -2.27. The van der Waals surface area contributed by atoms with Gasteiger partial charge in [0.25, 0.3) is 0 Å². The molecule has 1 N–H and O–H groups in total. The number of aromatic nitrogens is 1. The lowest BCUT2D eigenvalue weighted by molar-refractivity contribution is -0.135. The van der Waals surface area contributed by atoms with Gasteiger partial charge in [-0.25, -0.2) is 4.39 Å². The number of pyridine rings is 1. The summed E-state index contributed by atoms with van der Waals surface area (Å²) in [6, 6.07) is 12.6. The van der Waals surface area contributed by atoms with E-state index in [1.165, 1.54) is 12.1 Å². The summed E-state index contributed by atoms with van der Waals surface area (Å²) < 4.78 is 13.5. The fraction of sp³-hybridized carbons (Fsp3) is 0.455. The third-order valence-corrected chi connectivity index (χ3v) is 5.26. The number of nitrogens with one attached hydrogen (secondary N) is 1. The Balaban J connectivity index is 1.74. The van der Waals surface area contributed by atoms with Crippen LogP contribution >= 0.6 is 0 Å². The van der Waals surface area contributed by atoms with Gasteiger partial charge in [0, 0.05) is 18.7 Å². The Morgan fingerprint density at radius 2 is 2.15 bits per heavy atom. The molecular formula is C22H28FN3O. The van der Waals surface area contributed by atoms with Gasteiger partial charge in [0.15, 0.2) is 0 Å². The molecule has 0 aliphatic carbocycles. The lowest BCUT2D eigenvalue weighted by Gasteiger charge is -2.32. The topological polar surface area (TPSA) is 45.2 Å². The van der Waals surface area contributed by atoms with Gasteiger partial charge in [0.1, 0.15) is 5.82 Å². The molecule has 0 radical (unpaired) electrons. The molecule has 2 unspecified atom stereocenters. The van der Waals surface area contributed by atoms with E-state index in [9.17, 15) is 9.18 Å². The van der Waals surface area contributed by atoms with Crippen molar-refractivity contribution in [2.75, 3.05) is 13.1 Å². The van der Waals surface area contributed by atoms with E-state index in [1.807, 2.05) is 36.1 Å². The maximum absolute atomic E-state index is 13.5. The van der Waals surface area contributed by atoms with Crippen molar-refractivity contribution in [3.8, 4) is 0 Å². The number of hydrogen-bond acceptors (Lipinski definition) is 3. The van der Waals surface area contributed by atoms with Crippen LogP contribution in [0.3, 0.4) is 0 Å². The second-order valence-corrected chi connectivity index (χ2v) is 7.34. The van der Waals surface area contributed by atoms with Crippen molar-refractivity contribution in [2.24, 2.45) is 0 Å². The molecule has 144 valence electrons. The molecule has 4 nitrogen and oxygen atoms in total.